The Morgan fingerprint density at radius 3 is 3.00 bits per heavy atom. The van der Waals surface area contributed by atoms with Gasteiger partial charge in [0.05, 0.1) is 7.11 Å². The first kappa shape index (κ1) is 13.2. The number of aromatic nitrogens is 3. The van der Waals surface area contributed by atoms with Gasteiger partial charge in [-0.15, -0.1) is 0 Å². The largest absolute Gasteiger partial charge is 0.481 e. The van der Waals surface area contributed by atoms with Gasteiger partial charge in [0, 0.05) is 55.8 Å². The fourth-order valence-electron chi connectivity index (χ4n) is 2.42. The maximum Gasteiger partial charge on any atom is 0.212 e. The van der Waals surface area contributed by atoms with Crippen molar-refractivity contribution in [3.8, 4) is 5.88 Å². The molecule has 1 aliphatic heterocycles. The lowest BCUT2D eigenvalue weighted by Crippen LogP contribution is -2.30. The van der Waals surface area contributed by atoms with E-state index >= 15 is 0 Å². The second-order valence-corrected chi connectivity index (χ2v) is 5.25. The molecule has 0 fully saturated rings. The number of ether oxygens (including phenoxy) is 1. The number of fused-ring (bicyclic) bond motifs is 1. The molecule has 3 heterocycles. The van der Waals surface area contributed by atoms with Gasteiger partial charge in [0.2, 0.25) is 5.88 Å². The lowest BCUT2D eigenvalue weighted by atomic mass is 10.1. The molecule has 1 N–H and O–H groups in total. The molecular formula is C14H16N4OS. The summed E-state index contributed by atoms with van der Waals surface area (Å²) in [6.45, 7) is 2.78. The summed E-state index contributed by atoms with van der Waals surface area (Å²) in [6, 6.07) is 3.95. The summed E-state index contributed by atoms with van der Waals surface area (Å²) in [4.78, 5) is 14.0. The second kappa shape index (κ2) is 5.68. The Morgan fingerprint density at radius 1 is 1.35 bits per heavy atom. The third kappa shape index (κ3) is 2.86. The molecule has 0 amide bonds. The van der Waals surface area contributed by atoms with Crippen LogP contribution in [0, 0.1) is 4.77 Å². The van der Waals surface area contributed by atoms with Crippen LogP contribution in [0.3, 0.4) is 0 Å². The van der Waals surface area contributed by atoms with E-state index in [0.717, 1.165) is 26.1 Å². The number of pyridine rings is 1. The predicted octanol–water partition coefficient (Wildman–Crippen LogP) is 2.10. The Hall–Kier alpha value is -1.79. The minimum absolute atomic E-state index is 0.566. The molecule has 3 rings (SSSR count). The summed E-state index contributed by atoms with van der Waals surface area (Å²) in [5.74, 6) is 0.648. The van der Waals surface area contributed by atoms with Crippen LogP contribution in [-0.2, 0) is 19.5 Å². The molecule has 0 aliphatic carbocycles. The first-order chi connectivity index (χ1) is 9.74. The standard InChI is InChI=1S/C14H16N4OS/c1-19-13-3-2-10(6-15-13)8-18-5-4-12-11(9-18)7-16-14(20)17-12/h2-3,6-7H,4-5,8-9H2,1H3,(H,16,17,20). The van der Waals surface area contributed by atoms with Gasteiger partial charge in [-0.2, -0.15) is 0 Å². The SMILES string of the molecule is COc1ccc(CN2CCc3[nH]c(=S)ncc3C2)cn1. The highest BCUT2D eigenvalue weighted by molar-refractivity contribution is 7.71. The Bertz CT molecular complexity index is 653. The molecule has 20 heavy (non-hydrogen) atoms. The van der Waals surface area contributed by atoms with Gasteiger partial charge in [-0.05, 0) is 17.8 Å². The van der Waals surface area contributed by atoms with E-state index in [1.54, 1.807) is 7.11 Å². The molecule has 0 unspecified atom stereocenters. The van der Waals surface area contributed by atoms with Crippen molar-refractivity contribution < 1.29 is 4.74 Å². The molecular weight excluding hydrogens is 272 g/mol. The van der Waals surface area contributed by atoms with Crippen molar-refractivity contribution in [2.75, 3.05) is 13.7 Å². The molecule has 0 bridgehead atoms. The lowest BCUT2D eigenvalue weighted by Gasteiger charge is -2.28. The van der Waals surface area contributed by atoms with Crippen LogP contribution < -0.4 is 4.74 Å². The fourth-order valence-corrected chi connectivity index (χ4v) is 2.60. The minimum atomic E-state index is 0.566. The molecule has 2 aromatic rings. The van der Waals surface area contributed by atoms with E-state index in [4.69, 9.17) is 17.0 Å². The highest BCUT2D eigenvalue weighted by Gasteiger charge is 2.17. The van der Waals surface area contributed by atoms with Crippen molar-refractivity contribution in [2.45, 2.75) is 19.5 Å². The van der Waals surface area contributed by atoms with Crippen LogP contribution in [-0.4, -0.2) is 33.5 Å². The number of nitrogens with one attached hydrogen (secondary N) is 1. The fraction of sp³-hybridized carbons (Fsp3) is 0.357. The smallest absolute Gasteiger partial charge is 0.212 e. The maximum absolute atomic E-state index is 5.07. The molecule has 0 aromatic carbocycles. The molecule has 0 radical (unpaired) electrons. The molecule has 2 aromatic heterocycles. The predicted molar refractivity (Wildman–Crippen MR) is 78.0 cm³/mol. The van der Waals surface area contributed by atoms with Crippen LogP contribution in [0.5, 0.6) is 5.88 Å². The zero-order valence-corrected chi connectivity index (χ0v) is 12.1. The first-order valence-corrected chi connectivity index (χ1v) is 6.94. The lowest BCUT2D eigenvalue weighted by molar-refractivity contribution is 0.242. The van der Waals surface area contributed by atoms with Gasteiger partial charge < -0.3 is 9.72 Å². The van der Waals surface area contributed by atoms with Crippen LogP contribution in [0.4, 0.5) is 0 Å². The number of rotatable bonds is 3. The topological polar surface area (TPSA) is 54.0 Å². The molecule has 5 nitrogen and oxygen atoms in total. The first-order valence-electron chi connectivity index (χ1n) is 6.53. The van der Waals surface area contributed by atoms with Crippen molar-refractivity contribution in [1.29, 1.82) is 0 Å². The van der Waals surface area contributed by atoms with Gasteiger partial charge in [-0.25, -0.2) is 9.97 Å². The number of methoxy groups -OCH3 is 1. The van der Waals surface area contributed by atoms with Gasteiger partial charge in [-0.1, -0.05) is 6.07 Å². The third-order valence-corrected chi connectivity index (χ3v) is 3.68. The highest BCUT2D eigenvalue weighted by Crippen LogP contribution is 2.18. The van der Waals surface area contributed by atoms with Gasteiger partial charge in [-0.3, -0.25) is 4.90 Å². The van der Waals surface area contributed by atoms with Crippen molar-refractivity contribution >= 4 is 12.2 Å². The van der Waals surface area contributed by atoms with Crippen LogP contribution in [0.15, 0.2) is 24.5 Å². The summed E-state index contributed by atoms with van der Waals surface area (Å²) in [7, 11) is 1.63. The molecule has 1 aliphatic rings. The van der Waals surface area contributed by atoms with Crippen molar-refractivity contribution in [2.24, 2.45) is 0 Å². The third-order valence-electron chi connectivity index (χ3n) is 3.47. The summed E-state index contributed by atoms with van der Waals surface area (Å²) in [5, 5.41) is 0. The molecule has 104 valence electrons. The van der Waals surface area contributed by atoms with Gasteiger partial charge in [0.15, 0.2) is 4.77 Å². The average molecular weight is 288 g/mol. The zero-order chi connectivity index (χ0) is 13.9. The van der Waals surface area contributed by atoms with Crippen molar-refractivity contribution in [3.63, 3.8) is 0 Å². The van der Waals surface area contributed by atoms with Gasteiger partial charge >= 0.3 is 0 Å². The summed E-state index contributed by atoms with van der Waals surface area (Å²) in [5.41, 5.74) is 3.63. The Morgan fingerprint density at radius 2 is 2.25 bits per heavy atom. The molecule has 0 atom stereocenters. The molecule has 6 heteroatoms. The van der Waals surface area contributed by atoms with E-state index in [-0.39, 0.29) is 0 Å². The van der Waals surface area contributed by atoms with Gasteiger partial charge in [0.25, 0.3) is 0 Å². The normalized spacial score (nSPS) is 14.8. The summed E-state index contributed by atoms with van der Waals surface area (Å²) in [6.07, 6.45) is 4.72. The number of nitrogens with zero attached hydrogens (tertiary/aromatic N) is 3. The number of hydrogen-bond donors (Lipinski definition) is 1. The second-order valence-electron chi connectivity index (χ2n) is 4.86. The Balaban J connectivity index is 1.70. The zero-order valence-electron chi connectivity index (χ0n) is 11.3. The Labute approximate surface area is 122 Å². The van der Waals surface area contributed by atoms with E-state index in [9.17, 15) is 0 Å². The minimum Gasteiger partial charge on any atom is -0.481 e. The number of hydrogen-bond acceptors (Lipinski definition) is 5. The summed E-state index contributed by atoms with van der Waals surface area (Å²) < 4.78 is 5.64. The number of aromatic amines is 1. The molecule has 0 spiro atoms. The van der Waals surface area contributed by atoms with Crippen LogP contribution in [0.1, 0.15) is 16.8 Å². The maximum atomic E-state index is 5.07. The quantitative estimate of drug-likeness (QED) is 0.877. The Kier molecular flexibility index (Phi) is 3.75. The van der Waals surface area contributed by atoms with E-state index in [1.807, 2.05) is 18.5 Å². The molecule has 0 saturated carbocycles. The number of H-pyrrole nitrogens is 1. The van der Waals surface area contributed by atoms with Crippen LogP contribution in [0.2, 0.25) is 0 Å². The van der Waals surface area contributed by atoms with E-state index in [2.05, 4.69) is 25.9 Å². The van der Waals surface area contributed by atoms with Crippen LogP contribution >= 0.6 is 12.2 Å². The highest BCUT2D eigenvalue weighted by atomic mass is 32.1. The van der Waals surface area contributed by atoms with E-state index in [0.29, 0.717) is 10.7 Å². The van der Waals surface area contributed by atoms with Crippen LogP contribution in [0.25, 0.3) is 0 Å². The van der Waals surface area contributed by atoms with Crippen molar-refractivity contribution in [3.05, 3.63) is 46.1 Å². The summed E-state index contributed by atoms with van der Waals surface area (Å²) >= 11 is 5.06. The molecule has 0 saturated heterocycles. The van der Waals surface area contributed by atoms with Crippen molar-refractivity contribution in [1.82, 2.24) is 19.9 Å². The van der Waals surface area contributed by atoms with Gasteiger partial charge in [0.1, 0.15) is 0 Å². The van der Waals surface area contributed by atoms with E-state index < -0.39 is 0 Å². The average Bonchev–Trinajstić information content (AvgIpc) is 2.48. The van der Waals surface area contributed by atoms with E-state index in [1.165, 1.54) is 16.8 Å². The monoisotopic (exact) mass is 288 g/mol.